The Bertz CT molecular complexity index is 996. The highest BCUT2D eigenvalue weighted by Crippen LogP contribution is 2.27. The second-order valence-corrected chi connectivity index (χ2v) is 18.8. The lowest BCUT2D eigenvalue weighted by molar-refractivity contribution is -0.893. The van der Waals surface area contributed by atoms with Crippen molar-refractivity contribution in [3.63, 3.8) is 0 Å². The third-order valence-electron chi connectivity index (χ3n) is 12.5. The Hall–Kier alpha value is -0.520. The van der Waals surface area contributed by atoms with Crippen LogP contribution in [0.2, 0.25) is 0 Å². The van der Waals surface area contributed by atoms with Gasteiger partial charge >= 0.3 is 0 Å². The van der Waals surface area contributed by atoms with Gasteiger partial charge in [0.25, 0.3) is 0 Å². The molecule has 0 aromatic carbocycles. The van der Waals surface area contributed by atoms with Gasteiger partial charge in [0.2, 0.25) is 0 Å². The Morgan fingerprint density at radius 3 is 1.25 bits per heavy atom. The van der Waals surface area contributed by atoms with Crippen LogP contribution in [0.3, 0.4) is 0 Å². The second-order valence-electron chi connectivity index (χ2n) is 18.8. The minimum Gasteiger partial charge on any atom is -0.387 e. The first-order valence-corrected chi connectivity index (χ1v) is 24.6. The molecule has 0 bridgehead atoms. The fourth-order valence-electron chi connectivity index (χ4n) is 8.49. The van der Waals surface area contributed by atoms with E-state index in [1.807, 2.05) is 0 Å². The van der Waals surface area contributed by atoms with Crippen LogP contribution in [0.15, 0.2) is 0 Å². The molecule has 0 aromatic rings. The van der Waals surface area contributed by atoms with E-state index < -0.39 is 67.5 Å². The number of rotatable bonds is 38. The van der Waals surface area contributed by atoms with Crippen LogP contribution in [0, 0.1) is 0 Å². The molecular formula is C47H94NO12+. The van der Waals surface area contributed by atoms with Crippen LogP contribution in [0.4, 0.5) is 0 Å². The molecule has 2 fully saturated rings. The molecule has 0 spiro atoms. The van der Waals surface area contributed by atoms with Crippen LogP contribution in [0.5, 0.6) is 0 Å². The van der Waals surface area contributed by atoms with E-state index in [4.69, 9.17) is 23.7 Å². The van der Waals surface area contributed by atoms with Crippen LogP contribution in [-0.4, -0.2) is 161 Å². The van der Waals surface area contributed by atoms with E-state index in [9.17, 15) is 35.7 Å². The van der Waals surface area contributed by atoms with Crippen molar-refractivity contribution in [1.82, 2.24) is 0 Å². The van der Waals surface area contributed by atoms with Gasteiger partial charge < -0.3 is 63.9 Å². The standard InChI is InChI=1S/C47H94NO12/c1-5-7-9-11-13-15-17-19-20-22-24-26-28-30-32-57-46-44(54)43(53)41(51)39(60-46)36-58-47-45(55)42(52)40(50)38(59-47)35-56-34-37(49)33-48(3,4)31-29-27-25-23-21-18-16-14-12-10-8-6-2/h37-47,49-55H,5-36H2,1-4H3/q+1/t37?,38-,39-,40-,41-,42+,43+,44-,45-,46-,47+/m1/s1. The van der Waals surface area contributed by atoms with Crippen molar-refractivity contribution in [2.45, 2.75) is 248 Å². The molecule has 0 aromatic heterocycles. The summed E-state index contributed by atoms with van der Waals surface area (Å²) in [4.78, 5) is 0. The average Bonchev–Trinajstić information content (AvgIpc) is 3.22. The number of hydrogen-bond acceptors (Lipinski definition) is 12. The maximum absolute atomic E-state index is 10.8. The summed E-state index contributed by atoms with van der Waals surface area (Å²) in [7, 11) is 4.19. The summed E-state index contributed by atoms with van der Waals surface area (Å²) in [5.41, 5.74) is 0. The van der Waals surface area contributed by atoms with E-state index in [2.05, 4.69) is 27.9 Å². The lowest BCUT2D eigenvalue weighted by Crippen LogP contribution is -2.61. The zero-order valence-electron chi connectivity index (χ0n) is 38.6. The van der Waals surface area contributed by atoms with E-state index >= 15 is 0 Å². The molecule has 13 nitrogen and oxygen atoms in total. The summed E-state index contributed by atoms with van der Waals surface area (Å²) in [5, 5.41) is 74.3. The van der Waals surface area contributed by atoms with E-state index in [-0.39, 0.29) is 19.8 Å². The molecule has 0 amide bonds. The number of ether oxygens (including phenoxy) is 5. The average molecular weight is 865 g/mol. The van der Waals surface area contributed by atoms with Crippen LogP contribution < -0.4 is 0 Å². The van der Waals surface area contributed by atoms with Crippen LogP contribution in [-0.2, 0) is 23.7 Å². The van der Waals surface area contributed by atoms with Gasteiger partial charge in [0.05, 0.1) is 40.5 Å². The molecule has 7 N–H and O–H groups in total. The van der Waals surface area contributed by atoms with Crippen molar-refractivity contribution >= 4 is 0 Å². The van der Waals surface area contributed by atoms with E-state index in [0.29, 0.717) is 17.6 Å². The summed E-state index contributed by atoms with van der Waals surface area (Å²) in [6.07, 6.45) is 18.0. The molecule has 0 radical (unpaired) electrons. The largest absolute Gasteiger partial charge is 0.387 e. The molecule has 2 aliphatic rings. The summed E-state index contributed by atoms with van der Waals surface area (Å²) >= 11 is 0. The number of quaternary nitrogens is 1. The minimum atomic E-state index is -1.62. The highest BCUT2D eigenvalue weighted by molar-refractivity contribution is 4.92. The van der Waals surface area contributed by atoms with Gasteiger partial charge in [-0.1, -0.05) is 162 Å². The fraction of sp³-hybridized carbons (Fsp3) is 1.00. The van der Waals surface area contributed by atoms with Crippen LogP contribution in [0.1, 0.15) is 181 Å². The molecule has 0 aliphatic carbocycles. The first-order valence-electron chi connectivity index (χ1n) is 24.6. The van der Waals surface area contributed by atoms with Crippen molar-refractivity contribution in [2.24, 2.45) is 0 Å². The SMILES string of the molecule is CCCCCCCCCCCCCCCCO[C@@H]1O[C@H](CO[C@H]2O[C@H](COCC(O)C[N+](C)(C)CCCCCCCCCCCCCC)[C@@H](O)[C@H](O)[C@H]2O)[C@@H](O)[C@H](O)[C@H]1O. The Kier molecular flexibility index (Phi) is 31.4. The molecule has 60 heavy (non-hydrogen) atoms. The number of nitrogens with zero attached hydrogens (tertiary/aromatic N) is 1. The molecule has 2 heterocycles. The quantitative estimate of drug-likeness (QED) is 0.0273. The Morgan fingerprint density at radius 2 is 0.817 bits per heavy atom. The van der Waals surface area contributed by atoms with E-state index in [0.717, 1.165) is 32.2 Å². The Balaban J connectivity index is 1.64. The highest BCUT2D eigenvalue weighted by atomic mass is 16.7. The van der Waals surface area contributed by atoms with Crippen LogP contribution in [0.25, 0.3) is 0 Å². The van der Waals surface area contributed by atoms with Gasteiger partial charge in [-0.25, -0.2) is 0 Å². The van der Waals surface area contributed by atoms with Crippen LogP contribution >= 0.6 is 0 Å². The maximum atomic E-state index is 10.8. The third kappa shape index (κ3) is 24.0. The van der Waals surface area contributed by atoms with Crippen molar-refractivity contribution in [3.8, 4) is 0 Å². The zero-order chi connectivity index (χ0) is 44.0. The number of unbranched alkanes of at least 4 members (excludes halogenated alkanes) is 24. The molecule has 13 heteroatoms. The van der Waals surface area contributed by atoms with Gasteiger partial charge in [0.1, 0.15) is 61.5 Å². The molecule has 358 valence electrons. The predicted molar refractivity (Wildman–Crippen MR) is 235 cm³/mol. The third-order valence-corrected chi connectivity index (χ3v) is 12.5. The molecule has 0 saturated carbocycles. The monoisotopic (exact) mass is 865 g/mol. The Morgan fingerprint density at radius 1 is 0.450 bits per heavy atom. The molecule has 1 unspecified atom stereocenters. The smallest absolute Gasteiger partial charge is 0.186 e. The number of likely N-dealkylation sites (N-methyl/N-ethyl adjacent to an activating group) is 1. The van der Waals surface area contributed by atoms with Crippen molar-refractivity contribution < 1.29 is 63.9 Å². The summed E-state index contributed by atoms with van der Waals surface area (Å²) in [6, 6.07) is 0. The molecule has 2 saturated heterocycles. The van der Waals surface area contributed by atoms with Gasteiger partial charge in [-0.05, 0) is 19.3 Å². The van der Waals surface area contributed by atoms with Gasteiger partial charge in [0.15, 0.2) is 12.6 Å². The topological polar surface area (TPSA) is 188 Å². The summed E-state index contributed by atoms with van der Waals surface area (Å²) in [6.45, 7) is 5.72. The van der Waals surface area contributed by atoms with Gasteiger partial charge in [-0.15, -0.1) is 0 Å². The second kappa shape index (κ2) is 33.9. The Labute approximate surface area is 365 Å². The molecule has 2 rings (SSSR count). The number of aliphatic hydroxyl groups excluding tert-OH is 7. The predicted octanol–water partition coefficient (Wildman–Crippen LogP) is 6.27. The van der Waals surface area contributed by atoms with E-state index in [1.165, 1.54) is 141 Å². The number of aliphatic hydroxyl groups is 7. The minimum absolute atomic E-state index is 0.0000556. The lowest BCUT2D eigenvalue weighted by atomic mass is 9.98. The van der Waals surface area contributed by atoms with Gasteiger partial charge in [0, 0.05) is 6.61 Å². The maximum Gasteiger partial charge on any atom is 0.186 e. The molecular weight excluding hydrogens is 771 g/mol. The van der Waals surface area contributed by atoms with Gasteiger partial charge in [-0.2, -0.15) is 0 Å². The summed E-state index contributed by atoms with van der Waals surface area (Å²) in [5.74, 6) is 0. The first-order chi connectivity index (χ1) is 28.9. The fourth-order valence-corrected chi connectivity index (χ4v) is 8.49. The van der Waals surface area contributed by atoms with E-state index in [1.54, 1.807) is 0 Å². The van der Waals surface area contributed by atoms with Crippen molar-refractivity contribution in [1.29, 1.82) is 0 Å². The molecule has 11 atom stereocenters. The van der Waals surface area contributed by atoms with Gasteiger partial charge in [-0.3, -0.25) is 0 Å². The van der Waals surface area contributed by atoms with Crippen molar-refractivity contribution in [3.05, 3.63) is 0 Å². The lowest BCUT2D eigenvalue weighted by Gasteiger charge is -2.43. The number of hydrogen-bond donors (Lipinski definition) is 7. The first kappa shape index (κ1) is 55.6. The summed E-state index contributed by atoms with van der Waals surface area (Å²) < 4.78 is 29.4. The van der Waals surface area contributed by atoms with Crippen molar-refractivity contribution in [2.75, 3.05) is 53.6 Å². The highest BCUT2D eigenvalue weighted by Gasteiger charge is 2.47. The molecule has 2 aliphatic heterocycles. The zero-order valence-corrected chi connectivity index (χ0v) is 38.6. The normalized spacial score (nSPS) is 28.1.